The zero-order valence-electron chi connectivity index (χ0n) is 14.6. The first-order valence-corrected chi connectivity index (χ1v) is 8.91. The van der Waals surface area contributed by atoms with Crippen LogP contribution in [0, 0.1) is 5.82 Å². The van der Waals surface area contributed by atoms with Crippen LogP contribution in [0.2, 0.25) is 0 Å². The highest BCUT2D eigenvalue weighted by Crippen LogP contribution is 2.33. The van der Waals surface area contributed by atoms with Crippen LogP contribution in [0.15, 0.2) is 28.8 Å². The lowest BCUT2D eigenvalue weighted by Crippen LogP contribution is -2.32. The second kappa shape index (κ2) is 6.59. The Hall–Kier alpha value is -2.21. The minimum absolute atomic E-state index is 0.198. The summed E-state index contributed by atoms with van der Waals surface area (Å²) in [7, 11) is 0. The van der Waals surface area contributed by atoms with Crippen molar-refractivity contribution in [2.24, 2.45) is 0 Å². The molecule has 1 fully saturated rings. The summed E-state index contributed by atoms with van der Waals surface area (Å²) in [6, 6.07) is 4.99. The fourth-order valence-corrected chi connectivity index (χ4v) is 3.62. The second-order valence-corrected chi connectivity index (χ2v) is 7.17. The summed E-state index contributed by atoms with van der Waals surface area (Å²) in [4.78, 5) is 5.57. The molecule has 0 unspecified atom stereocenters. The van der Waals surface area contributed by atoms with Crippen LogP contribution < -0.4 is 0 Å². The summed E-state index contributed by atoms with van der Waals surface area (Å²) in [5.74, 6) is 1.97. The topological polar surface area (TPSA) is 58.0 Å². The van der Waals surface area contributed by atoms with E-state index in [2.05, 4.69) is 33.9 Å². The summed E-state index contributed by atoms with van der Waals surface area (Å²) in [6.07, 6.45) is 4.20. The third-order valence-corrected chi connectivity index (χ3v) is 5.04. The number of hydrogen-bond donors (Lipinski definition) is 1. The van der Waals surface area contributed by atoms with Crippen molar-refractivity contribution < 1.29 is 8.81 Å². The van der Waals surface area contributed by atoms with Crippen LogP contribution in [0.25, 0.3) is 10.9 Å². The van der Waals surface area contributed by atoms with Gasteiger partial charge in [0.1, 0.15) is 5.82 Å². The molecule has 2 aromatic heterocycles. The molecule has 0 amide bonds. The monoisotopic (exact) mass is 342 g/mol. The Morgan fingerprint density at radius 3 is 2.80 bits per heavy atom. The van der Waals surface area contributed by atoms with Crippen LogP contribution in [0.1, 0.15) is 55.9 Å². The number of rotatable bonds is 4. The molecule has 5 nitrogen and oxygen atoms in total. The summed E-state index contributed by atoms with van der Waals surface area (Å²) >= 11 is 0. The lowest BCUT2D eigenvalue weighted by Gasteiger charge is -2.30. The van der Waals surface area contributed by atoms with Gasteiger partial charge in [-0.3, -0.25) is 4.90 Å². The fourth-order valence-electron chi connectivity index (χ4n) is 3.62. The minimum atomic E-state index is -0.198. The molecule has 6 heteroatoms. The second-order valence-electron chi connectivity index (χ2n) is 7.17. The number of hydrogen-bond acceptors (Lipinski definition) is 4. The standard InChI is InChI=1S/C19H23FN4O/c1-12(2)19-23-22-18(25-19)11-24-7-5-13(6-8-24)16-10-21-17-9-14(20)3-4-15(16)17/h3-4,9-10,12-13,21H,5-8,11H2,1-2H3. The third-order valence-electron chi connectivity index (χ3n) is 5.04. The molecule has 0 bridgehead atoms. The van der Waals surface area contributed by atoms with Gasteiger partial charge in [0.25, 0.3) is 0 Å². The molecule has 1 aromatic carbocycles. The van der Waals surface area contributed by atoms with E-state index in [4.69, 9.17) is 4.42 Å². The van der Waals surface area contributed by atoms with Crippen molar-refractivity contribution in [2.45, 2.75) is 45.1 Å². The zero-order valence-corrected chi connectivity index (χ0v) is 14.6. The van der Waals surface area contributed by atoms with Gasteiger partial charge in [0.15, 0.2) is 0 Å². The number of nitrogens with one attached hydrogen (secondary N) is 1. The largest absolute Gasteiger partial charge is 0.424 e. The number of aromatic amines is 1. The number of halogens is 1. The van der Waals surface area contributed by atoms with Gasteiger partial charge in [-0.1, -0.05) is 13.8 Å². The smallest absolute Gasteiger partial charge is 0.230 e. The maximum Gasteiger partial charge on any atom is 0.230 e. The quantitative estimate of drug-likeness (QED) is 0.772. The highest BCUT2D eigenvalue weighted by molar-refractivity contribution is 5.83. The lowest BCUT2D eigenvalue weighted by molar-refractivity contribution is 0.186. The highest BCUT2D eigenvalue weighted by Gasteiger charge is 2.24. The van der Waals surface area contributed by atoms with Crippen molar-refractivity contribution in [3.63, 3.8) is 0 Å². The molecule has 0 spiro atoms. The Labute approximate surface area is 146 Å². The molecule has 1 saturated heterocycles. The third kappa shape index (κ3) is 3.31. The lowest BCUT2D eigenvalue weighted by atomic mass is 9.89. The van der Waals surface area contributed by atoms with Gasteiger partial charge in [-0.2, -0.15) is 0 Å². The van der Waals surface area contributed by atoms with Gasteiger partial charge in [0.2, 0.25) is 11.8 Å². The summed E-state index contributed by atoms with van der Waals surface area (Å²) in [5.41, 5.74) is 2.18. The molecular weight excluding hydrogens is 319 g/mol. The average molecular weight is 342 g/mol. The van der Waals surface area contributed by atoms with Gasteiger partial charge in [-0.25, -0.2) is 4.39 Å². The van der Waals surface area contributed by atoms with Crippen molar-refractivity contribution in [3.05, 3.63) is 47.6 Å². The zero-order chi connectivity index (χ0) is 17.4. The normalized spacial score (nSPS) is 17.0. The van der Waals surface area contributed by atoms with E-state index in [9.17, 15) is 4.39 Å². The molecule has 0 saturated carbocycles. The number of benzene rings is 1. The summed E-state index contributed by atoms with van der Waals surface area (Å²) < 4.78 is 19.1. The predicted molar refractivity (Wildman–Crippen MR) is 93.9 cm³/mol. The first-order chi connectivity index (χ1) is 12.1. The Kier molecular flexibility index (Phi) is 4.29. The molecule has 1 N–H and O–H groups in total. The number of likely N-dealkylation sites (tertiary alicyclic amines) is 1. The van der Waals surface area contributed by atoms with Crippen molar-refractivity contribution in [3.8, 4) is 0 Å². The maximum atomic E-state index is 13.4. The Morgan fingerprint density at radius 2 is 2.08 bits per heavy atom. The molecular formula is C19H23FN4O. The van der Waals surface area contributed by atoms with Crippen molar-refractivity contribution in [1.82, 2.24) is 20.1 Å². The maximum absolute atomic E-state index is 13.4. The molecule has 0 aliphatic carbocycles. The SMILES string of the molecule is CC(C)c1nnc(CN2CCC(c3c[nH]c4cc(F)ccc34)CC2)o1. The van der Waals surface area contributed by atoms with Crippen LogP contribution in [0.3, 0.4) is 0 Å². The predicted octanol–water partition coefficient (Wildman–Crippen LogP) is 4.19. The molecule has 3 heterocycles. The van der Waals surface area contributed by atoms with Gasteiger partial charge in [-0.05, 0) is 55.6 Å². The molecule has 132 valence electrons. The van der Waals surface area contributed by atoms with Crippen molar-refractivity contribution in [1.29, 1.82) is 0 Å². The molecule has 4 rings (SSSR count). The van der Waals surface area contributed by atoms with Crippen LogP contribution in [-0.2, 0) is 6.54 Å². The van der Waals surface area contributed by atoms with E-state index >= 15 is 0 Å². The average Bonchev–Trinajstić information content (AvgIpc) is 3.22. The first-order valence-electron chi connectivity index (χ1n) is 8.91. The Balaban J connectivity index is 1.40. The number of aromatic nitrogens is 3. The van der Waals surface area contributed by atoms with Crippen molar-refractivity contribution >= 4 is 10.9 Å². The number of H-pyrrole nitrogens is 1. The molecule has 25 heavy (non-hydrogen) atoms. The molecule has 3 aromatic rings. The van der Waals surface area contributed by atoms with E-state index in [1.807, 2.05) is 12.3 Å². The van der Waals surface area contributed by atoms with Gasteiger partial charge in [0.05, 0.1) is 6.54 Å². The van der Waals surface area contributed by atoms with E-state index in [-0.39, 0.29) is 11.7 Å². The van der Waals surface area contributed by atoms with Gasteiger partial charge < -0.3 is 9.40 Å². The molecule has 1 aliphatic heterocycles. The number of fused-ring (bicyclic) bond motifs is 1. The number of nitrogens with zero attached hydrogens (tertiary/aromatic N) is 3. The Morgan fingerprint density at radius 1 is 1.28 bits per heavy atom. The van der Waals surface area contributed by atoms with Gasteiger partial charge in [0, 0.05) is 23.0 Å². The van der Waals surface area contributed by atoms with Crippen LogP contribution >= 0.6 is 0 Å². The Bertz CT molecular complexity index is 861. The van der Waals surface area contributed by atoms with E-state index in [1.165, 1.54) is 11.6 Å². The van der Waals surface area contributed by atoms with E-state index < -0.39 is 0 Å². The summed E-state index contributed by atoms with van der Waals surface area (Å²) in [5, 5.41) is 9.39. The van der Waals surface area contributed by atoms with Crippen molar-refractivity contribution in [2.75, 3.05) is 13.1 Å². The fraction of sp³-hybridized carbons (Fsp3) is 0.474. The van der Waals surface area contributed by atoms with Crippen LogP contribution in [-0.4, -0.2) is 33.2 Å². The highest BCUT2D eigenvalue weighted by atomic mass is 19.1. The number of piperidine rings is 1. The molecule has 0 atom stereocenters. The van der Waals surface area contributed by atoms with E-state index in [0.29, 0.717) is 24.2 Å². The van der Waals surface area contributed by atoms with Crippen LogP contribution in [0.4, 0.5) is 4.39 Å². The van der Waals surface area contributed by atoms with Gasteiger partial charge in [-0.15, -0.1) is 10.2 Å². The molecule has 1 aliphatic rings. The van der Waals surface area contributed by atoms with Crippen LogP contribution in [0.5, 0.6) is 0 Å². The van der Waals surface area contributed by atoms with E-state index in [1.54, 1.807) is 6.07 Å². The summed E-state index contributed by atoms with van der Waals surface area (Å²) in [6.45, 7) is 6.81. The molecule has 0 radical (unpaired) electrons. The van der Waals surface area contributed by atoms with Gasteiger partial charge >= 0.3 is 0 Å². The first kappa shape index (κ1) is 16.3. The minimum Gasteiger partial charge on any atom is -0.424 e. The van der Waals surface area contributed by atoms with E-state index in [0.717, 1.165) is 36.8 Å².